The summed E-state index contributed by atoms with van der Waals surface area (Å²) in [6.45, 7) is 1.93. The molecule has 21 heavy (non-hydrogen) atoms. The number of nitrogens with one attached hydrogen (secondary N) is 2. The Morgan fingerprint density at radius 3 is 2.67 bits per heavy atom. The fraction of sp³-hybridized carbons (Fsp3) is 0.188. The van der Waals surface area contributed by atoms with E-state index in [-0.39, 0.29) is 12.1 Å². The van der Waals surface area contributed by atoms with Gasteiger partial charge in [-0.1, -0.05) is 40.2 Å². The number of hydrogen-bond donors (Lipinski definition) is 2. The summed E-state index contributed by atoms with van der Waals surface area (Å²) in [6, 6.07) is 14.8. The van der Waals surface area contributed by atoms with Gasteiger partial charge in [0.15, 0.2) is 0 Å². The monoisotopic (exact) mass is 348 g/mol. The Morgan fingerprint density at radius 2 is 1.95 bits per heavy atom. The van der Waals surface area contributed by atoms with E-state index in [4.69, 9.17) is 4.74 Å². The minimum atomic E-state index is -0.271. The highest BCUT2D eigenvalue weighted by Gasteiger charge is 2.11. The van der Waals surface area contributed by atoms with Gasteiger partial charge in [0, 0.05) is 4.47 Å². The van der Waals surface area contributed by atoms with Crippen LogP contribution in [0.2, 0.25) is 0 Å². The maximum atomic E-state index is 12.1. The second kappa shape index (κ2) is 7.13. The quantitative estimate of drug-likeness (QED) is 0.863. The summed E-state index contributed by atoms with van der Waals surface area (Å²) in [5.41, 5.74) is 1.67. The molecule has 1 unspecified atom stereocenters. The highest BCUT2D eigenvalue weighted by molar-refractivity contribution is 9.10. The van der Waals surface area contributed by atoms with Gasteiger partial charge < -0.3 is 15.4 Å². The van der Waals surface area contributed by atoms with E-state index in [1.165, 1.54) is 0 Å². The van der Waals surface area contributed by atoms with Crippen LogP contribution in [0.25, 0.3) is 0 Å². The van der Waals surface area contributed by atoms with E-state index in [1.54, 1.807) is 19.2 Å². The molecular formula is C16H17BrN2O2. The molecule has 0 fully saturated rings. The number of para-hydroxylation sites is 2. The van der Waals surface area contributed by atoms with Crippen LogP contribution in [0.3, 0.4) is 0 Å². The van der Waals surface area contributed by atoms with Crippen molar-refractivity contribution in [1.82, 2.24) is 5.32 Å². The lowest BCUT2D eigenvalue weighted by atomic mass is 10.1. The Labute approximate surface area is 132 Å². The molecule has 2 N–H and O–H groups in total. The van der Waals surface area contributed by atoms with Gasteiger partial charge >= 0.3 is 6.03 Å². The lowest BCUT2D eigenvalue weighted by Gasteiger charge is -2.16. The van der Waals surface area contributed by atoms with E-state index in [1.807, 2.05) is 43.3 Å². The first kappa shape index (κ1) is 15.4. The van der Waals surface area contributed by atoms with Gasteiger partial charge in [-0.2, -0.15) is 0 Å². The zero-order valence-corrected chi connectivity index (χ0v) is 13.5. The molecule has 0 radical (unpaired) electrons. The fourth-order valence-electron chi connectivity index (χ4n) is 1.96. The van der Waals surface area contributed by atoms with Gasteiger partial charge in [0.25, 0.3) is 0 Å². The molecular weight excluding hydrogens is 332 g/mol. The van der Waals surface area contributed by atoms with Gasteiger partial charge in [-0.3, -0.25) is 0 Å². The van der Waals surface area contributed by atoms with Crippen molar-refractivity contribution in [2.75, 3.05) is 12.4 Å². The number of halogens is 1. The summed E-state index contributed by atoms with van der Waals surface area (Å²) in [4.78, 5) is 12.1. The van der Waals surface area contributed by atoms with Crippen molar-refractivity contribution in [2.24, 2.45) is 0 Å². The first-order valence-corrected chi connectivity index (χ1v) is 7.35. The van der Waals surface area contributed by atoms with Gasteiger partial charge in [-0.25, -0.2) is 4.79 Å². The number of rotatable bonds is 4. The summed E-state index contributed by atoms with van der Waals surface area (Å²) in [5.74, 6) is 0.628. The number of methoxy groups -OCH3 is 1. The Kier molecular flexibility index (Phi) is 5.22. The lowest BCUT2D eigenvalue weighted by molar-refractivity contribution is 0.249. The van der Waals surface area contributed by atoms with E-state index >= 15 is 0 Å². The van der Waals surface area contributed by atoms with E-state index in [2.05, 4.69) is 26.6 Å². The summed E-state index contributed by atoms with van der Waals surface area (Å²) in [5, 5.41) is 5.69. The van der Waals surface area contributed by atoms with Crippen LogP contribution in [0.15, 0.2) is 53.0 Å². The third-order valence-corrected chi connectivity index (χ3v) is 3.54. The lowest BCUT2D eigenvalue weighted by Crippen LogP contribution is -2.31. The minimum Gasteiger partial charge on any atom is -0.495 e. The number of anilines is 1. The van der Waals surface area contributed by atoms with Crippen molar-refractivity contribution in [3.8, 4) is 5.75 Å². The van der Waals surface area contributed by atoms with Crippen molar-refractivity contribution < 1.29 is 9.53 Å². The zero-order valence-electron chi connectivity index (χ0n) is 11.9. The first-order valence-electron chi connectivity index (χ1n) is 6.56. The minimum absolute atomic E-state index is 0.0998. The molecule has 1 atom stereocenters. The number of carbonyl (C=O) groups excluding carboxylic acids is 1. The molecule has 0 bridgehead atoms. The molecule has 0 heterocycles. The Hall–Kier alpha value is -2.01. The van der Waals surface area contributed by atoms with Gasteiger partial charge in [-0.15, -0.1) is 0 Å². The average molecular weight is 349 g/mol. The molecule has 0 spiro atoms. The van der Waals surface area contributed by atoms with Crippen molar-refractivity contribution in [3.05, 3.63) is 58.6 Å². The maximum absolute atomic E-state index is 12.1. The standard InChI is InChI=1S/C16H17BrN2O2/c1-11(12-6-5-7-13(17)10-12)18-16(20)19-14-8-3-4-9-15(14)21-2/h3-11H,1-2H3,(H2,18,19,20). The van der Waals surface area contributed by atoms with Gasteiger partial charge in [-0.05, 0) is 36.8 Å². The van der Waals surface area contributed by atoms with Crippen molar-refractivity contribution >= 4 is 27.6 Å². The number of urea groups is 1. The van der Waals surface area contributed by atoms with Crippen LogP contribution in [0.4, 0.5) is 10.5 Å². The van der Waals surface area contributed by atoms with E-state index < -0.39 is 0 Å². The molecule has 110 valence electrons. The predicted molar refractivity (Wildman–Crippen MR) is 87.7 cm³/mol. The fourth-order valence-corrected chi connectivity index (χ4v) is 2.38. The van der Waals surface area contributed by atoms with Crippen LogP contribution in [0, 0.1) is 0 Å². The molecule has 0 aliphatic carbocycles. The van der Waals surface area contributed by atoms with Gasteiger partial charge in [0.1, 0.15) is 5.75 Å². The van der Waals surface area contributed by atoms with Gasteiger partial charge in [0.05, 0.1) is 18.8 Å². The third-order valence-electron chi connectivity index (χ3n) is 3.05. The van der Waals surface area contributed by atoms with Crippen LogP contribution < -0.4 is 15.4 Å². The van der Waals surface area contributed by atoms with Crippen LogP contribution in [-0.4, -0.2) is 13.1 Å². The molecule has 0 saturated carbocycles. The molecule has 5 heteroatoms. The Bertz CT molecular complexity index is 631. The smallest absolute Gasteiger partial charge is 0.319 e. The number of carbonyl (C=O) groups is 1. The molecule has 4 nitrogen and oxygen atoms in total. The molecule has 0 aromatic heterocycles. The van der Waals surface area contributed by atoms with E-state index in [0.717, 1.165) is 10.0 Å². The van der Waals surface area contributed by atoms with Crippen LogP contribution in [0.1, 0.15) is 18.5 Å². The van der Waals surface area contributed by atoms with Crippen molar-refractivity contribution in [3.63, 3.8) is 0 Å². The highest BCUT2D eigenvalue weighted by Crippen LogP contribution is 2.23. The van der Waals surface area contributed by atoms with Crippen molar-refractivity contribution in [1.29, 1.82) is 0 Å². The SMILES string of the molecule is COc1ccccc1NC(=O)NC(C)c1cccc(Br)c1. The largest absolute Gasteiger partial charge is 0.495 e. The molecule has 0 aliphatic heterocycles. The maximum Gasteiger partial charge on any atom is 0.319 e. The van der Waals surface area contributed by atoms with Crippen LogP contribution in [-0.2, 0) is 0 Å². The summed E-state index contributed by atoms with van der Waals surface area (Å²) in [6.07, 6.45) is 0. The highest BCUT2D eigenvalue weighted by atomic mass is 79.9. The molecule has 2 aromatic rings. The molecule has 0 saturated heterocycles. The number of amides is 2. The third kappa shape index (κ3) is 4.23. The average Bonchev–Trinajstić information content (AvgIpc) is 2.47. The van der Waals surface area contributed by atoms with E-state index in [9.17, 15) is 4.79 Å². The number of ether oxygens (including phenoxy) is 1. The van der Waals surface area contributed by atoms with Crippen LogP contribution in [0.5, 0.6) is 5.75 Å². The van der Waals surface area contributed by atoms with Crippen molar-refractivity contribution in [2.45, 2.75) is 13.0 Å². The normalized spacial score (nSPS) is 11.6. The molecule has 0 aliphatic rings. The molecule has 2 rings (SSSR count). The Balaban J connectivity index is 2.01. The summed E-state index contributed by atoms with van der Waals surface area (Å²) in [7, 11) is 1.57. The predicted octanol–water partition coefficient (Wildman–Crippen LogP) is 4.34. The second-order valence-corrected chi connectivity index (χ2v) is 5.49. The van der Waals surface area contributed by atoms with Crippen LogP contribution >= 0.6 is 15.9 Å². The number of hydrogen-bond acceptors (Lipinski definition) is 2. The molecule has 2 aromatic carbocycles. The zero-order chi connectivity index (χ0) is 15.2. The molecule has 2 amide bonds. The summed E-state index contributed by atoms with van der Waals surface area (Å²) < 4.78 is 6.19. The van der Waals surface area contributed by atoms with E-state index in [0.29, 0.717) is 11.4 Å². The van der Waals surface area contributed by atoms with Gasteiger partial charge in [0.2, 0.25) is 0 Å². The first-order chi connectivity index (χ1) is 10.1. The second-order valence-electron chi connectivity index (χ2n) is 4.58. The summed E-state index contributed by atoms with van der Waals surface area (Å²) >= 11 is 3.42. The number of benzene rings is 2. The Morgan fingerprint density at radius 1 is 1.19 bits per heavy atom. The topological polar surface area (TPSA) is 50.4 Å².